The van der Waals surface area contributed by atoms with Crippen LogP contribution in [0.1, 0.15) is 38.2 Å². The summed E-state index contributed by atoms with van der Waals surface area (Å²) in [5.74, 6) is -0.564. The smallest absolute Gasteiger partial charge is 0.321 e. The Bertz CT molecular complexity index is 624. The molecule has 0 aliphatic heterocycles. The highest BCUT2D eigenvalue weighted by Crippen LogP contribution is 2.23. The summed E-state index contributed by atoms with van der Waals surface area (Å²) < 4.78 is 0. The monoisotopic (exact) mass is 332 g/mol. The zero-order valence-electron chi connectivity index (χ0n) is 14.1. The number of carbonyl (C=O) groups excluding carboxylic acids is 3. The van der Waals surface area contributed by atoms with E-state index in [2.05, 4.69) is 21.3 Å². The normalized spacial score (nSPS) is 14.1. The first kappa shape index (κ1) is 17.8. The molecule has 0 atom stereocenters. The van der Waals surface area contributed by atoms with Gasteiger partial charge in [-0.25, -0.2) is 4.79 Å². The molecule has 1 aliphatic rings. The summed E-state index contributed by atoms with van der Waals surface area (Å²) >= 11 is 0. The third-order valence-electron chi connectivity index (χ3n) is 4.03. The van der Waals surface area contributed by atoms with E-state index in [0.717, 1.165) is 36.9 Å². The van der Waals surface area contributed by atoms with Gasteiger partial charge < -0.3 is 16.0 Å². The van der Waals surface area contributed by atoms with Crippen LogP contribution in [-0.4, -0.2) is 30.4 Å². The largest absolute Gasteiger partial charge is 0.376 e. The summed E-state index contributed by atoms with van der Waals surface area (Å²) in [5, 5.41) is 10.8. The van der Waals surface area contributed by atoms with Crippen molar-refractivity contribution in [1.82, 2.24) is 10.6 Å². The molecule has 4 amide bonds. The van der Waals surface area contributed by atoms with Gasteiger partial charge in [-0.15, -0.1) is 0 Å². The lowest BCUT2D eigenvalue weighted by Crippen LogP contribution is -2.45. The highest BCUT2D eigenvalue weighted by molar-refractivity contribution is 5.96. The molecule has 0 saturated heterocycles. The number of anilines is 2. The maximum Gasteiger partial charge on any atom is 0.321 e. The molecule has 4 N–H and O–H groups in total. The Kier molecular flexibility index (Phi) is 6.17. The molecule has 7 nitrogen and oxygen atoms in total. The number of imide groups is 1. The van der Waals surface area contributed by atoms with Gasteiger partial charge in [-0.05, 0) is 37.5 Å². The number of hydrogen-bond donors (Lipinski definition) is 4. The van der Waals surface area contributed by atoms with Gasteiger partial charge in [0.2, 0.25) is 11.8 Å². The van der Waals surface area contributed by atoms with Crippen LogP contribution in [0.2, 0.25) is 0 Å². The van der Waals surface area contributed by atoms with Crippen LogP contribution in [0.3, 0.4) is 0 Å². The second-order valence-corrected chi connectivity index (χ2v) is 6.02. The molecular formula is C17H24N4O3. The van der Waals surface area contributed by atoms with Crippen molar-refractivity contribution in [3.63, 3.8) is 0 Å². The molecule has 0 heterocycles. The summed E-state index contributed by atoms with van der Waals surface area (Å²) in [6.07, 6.45) is 4.17. The van der Waals surface area contributed by atoms with Crippen LogP contribution in [0.5, 0.6) is 0 Å². The molecule has 24 heavy (non-hydrogen) atoms. The molecule has 1 aromatic rings. The van der Waals surface area contributed by atoms with E-state index in [9.17, 15) is 14.4 Å². The molecule has 7 heteroatoms. The van der Waals surface area contributed by atoms with Gasteiger partial charge in [0.15, 0.2) is 0 Å². The number of carbonyl (C=O) groups is 3. The predicted molar refractivity (Wildman–Crippen MR) is 92.9 cm³/mol. The Morgan fingerprint density at radius 3 is 2.46 bits per heavy atom. The topological polar surface area (TPSA) is 99.3 Å². The van der Waals surface area contributed by atoms with Crippen LogP contribution in [0, 0.1) is 6.92 Å². The SMILES string of the molecule is CC(=O)Nc1cccc(NCC(=O)NC(=O)NC2CCCC2)c1C. The van der Waals surface area contributed by atoms with Crippen molar-refractivity contribution >= 4 is 29.2 Å². The minimum Gasteiger partial charge on any atom is -0.376 e. The quantitative estimate of drug-likeness (QED) is 0.664. The number of rotatable bonds is 5. The third kappa shape index (κ3) is 5.26. The molecule has 0 spiro atoms. The molecule has 0 unspecified atom stereocenters. The van der Waals surface area contributed by atoms with Crippen molar-refractivity contribution in [1.29, 1.82) is 0 Å². The summed E-state index contributed by atoms with van der Waals surface area (Å²) in [5.41, 5.74) is 2.25. The predicted octanol–water partition coefficient (Wildman–Crippen LogP) is 2.13. The molecular weight excluding hydrogens is 308 g/mol. The molecule has 0 radical (unpaired) electrons. The van der Waals surface area contributed by atoms with E-state index in [1.807, 2.05) is 13.0 Å². The number of urea groups is 1. The van der Waals surface area contributed by atoms with E-state index in [0.29, 0.717) is 5.69 Å². The van der Waals surface area contributed by atoms with Crippen molar-refractivity contribution in [2.45, 2.75) is 45.6 Å². The first-order valence-corrected chi connectivity index (χ1v) is 8.17. The van der Waals surface area contributed by atoms with Crippen molar-refractivity contribution in [2.75, 3.05) is 17.2 Å². The van der Waals surface area contributed by atoms with E-state index in [-0.39, 0.29) is 18.5 Å². The lowest BCUT2D eigenvalue weighted by Gasteiger charge is -2.14. The fourth-order valence-corrected chi connectivity index (χ4v) is 2.79. The maximum absolute atomic E-state index is 11.9. The van der Waals surface area contributed by atoms with Crippen LogP contribution in [0.4, 0.5) is 16.2 Å². The average molecular weight is 332 g/mol. The van der Waals surface area contributed by atoms with Crippen molar-refractivity contribution in [3.8, 4) is 0 Å². The average Bonchev–Trinajstić information content (AvgIpc) is 3.00. The molecule has 1 fully saturated rings. The van der Waals surface area contributed by atoms with Crippen LogP contribution in [0.15, 0.2) is 18.2 Å². The highest BCUT2D eigenvalue weighted by atomic mass is 16.2. The van der Waals surface area contributed by atoms with Crippen LogP contribution < -0.4 is 21.3 Å². The molecule has 1 aliphatic carbocycles. The zero-order valence-corrected chi connectivity index (χ0v) is 14.1. The minimum absolute atomic E-state index is 0.0253. The summed E-state index contributed by atoms with van der Waals surface area (Å²) in [6.45, 7) is 3.26. The Labute approximate surface area is 141 Å². The fourth-order valence-electron chi connectivity index (χ4n) is 2.79. The van der Waals surface area contributed by atoms with Crippen molar-refractivity contribution in [2.24, 2.45) is 0 Å². The number of nitrogens with one attached hydrogen (secondary N) is 4. The maximum atomic E-state index is 11.9. The van der Waals surface area contributed by atoms with Gasteiger partial charge in [-0.1, -0.05) is 18.9 Å². The fraction of sp³-hybridized carbons (Fsp3) is 0.471. The van der Waals surface area contributed by atoms with E-state index in [4.69, 9.17) is 0 Å². The second kappa shape index (κ2) is 8.33. The standard InChI is InChI=1S/C17H24N4O3/c1-11-14(8-5-9-15(11)19-12(2)22)18-10-16(23)21-17(24)20-13-6-3-4-7-13/h5,8-9,13,18H,3-4,6-7,10H2,1-2H3,(H,19,22)(H2,20,21,23,24). The Balaban J connectivity index is 1.82. The van der Waals surface area contributed by atoms with Crippen molar-refractivity contribution < 1.29 is 14.4 Å². The first-order chi connectivity index (χ1) is 11.5. The van der Waals surface area contributed by atoms with E-state index in [1.54, 1.807) is 12.1 Å². The van der Waals surface area contributed by atoms with Crippen LogP contribution >= 0.6 is 0 Å². The van der Waals surface area contributed by atoms with Crippen LogP contribution in [0.25, 0.3) is 0 Å². The Hall–Kier alpha value is -2.57. The summed E-state index contributed by atoms with van der Waals surface area (Å²) in [4.78, 5) is 34.8. The number of hydrogen-bond acceptors (Lipinski definition) is 4. The van der Waals surface area contributed by atoms with Gasteiger partial charge in [0.05, 0.1) is 6.54 Å². The molecule has 1 saturated carbocycles. The van der Waals surface area contributed by atoms with E-state index < -0.39 is 11.9 Å². The lowest BCUT2D eigenvalue weighted by atomic mass is 10.1. The number of amides is 4. The first-order valence-electron chi connectivity index (χ1n) is 8.17. The Morgan fingerprint density at radius 2 is 1.79 bits per heavy atom. The summed E-state index contributed by atoms with van der Waals surface area (Å²) in [7, 11) is 0. The molecule has 1 aromatic carbocycles. The third-order valence-corrected chi connectivity index (χ3v) is 4.03. The van der Waals surface area contributed by atoms with Gasteiger partial charge in [0.1, 0.15) is 0 Å². The molecule has 0 aromatic heterocycles. The van der Waals surface area contributed by atoms with Gasteiger partial charge in [0, 0.05) is 24.3 Å². The molecule has 0 bridgehead atoms. The van der Waals surface area contributed by atoms with Crippen LogP contribution in [-0.2, 0) is 9.59 Å². The zero-order chi connectivity index (χ0) is 17.5. The van der Waals surface area contributed by atoms with Crippen molar-refractivity contribution in [3.05, 3.63) is 23.8 Å². The number of benzene rings is 1. The lowest BCUT2D eigenvalue weighted by molar-refractivity contribution is -0.118. The van der Waals surface area contributed by atoms with E-state index >= 15 is 0 Å². The second-order valence-electron chi connectivity index (χ2n) is 6.02. The van der Waals surface area contributed by atoms with Gasteiger partial charge in [-0.2, -0.15) is 0 Å². The highest BCUT2D eigenvalue weighted by Gasteiger charge is 2.18. The van der Waals surface area contributed by atoms with Gasteiger partial charge in [-0.3, -0.25) is 14.9 Å². The summed E-state index contributed by atoms with van der Waals surface area (Å²) in [6, 6.07) is 5.11. The van der Waals surface area contributed by atoms with Gasteiger partial charge >= 0.3 is 6.03 Å². The van der Waals surface area contributed by atoms with Gasteiger partial charge in [0.25, 0.3) is 0 Å². The van der Waals surface area contributed by atoms with E-state index in [1.165, 1.54) is 6.92 Å². The Morgan fingerprint density at radius 1 is 1.12 bits per heavy atom. The molecule has 2 rings (SSSR count). The minimum atomic E-state index is -0.447. The molecule has 130 valence electrons.